The molecule has 0 bridgehead atoms. The van der Waals surface area contributed by atoms with Gasteiger partial charge in [-0.25, -0.2) is 9.50 Å². The van der Waals surface area contributed by atoms with Crippen molar-refractivity contribution in [2.24, 2.45) is 0 Å². The first kappa shape index (κ1) is 15.5. The molecule has 2 heterocycles. The summed E-state index contributed by atoms with van der Waals surface area (Å²) in [6.45, 7) is 10.6. The van der Waals surface area contributed by atoms with Crippen LogP contribution < -0.4 is 4.74 Å². The number of nitrogens with zero attached hydrogens (tertiary/aromatic N) is 3. The van der Waals surface area contributed by atoms with Crippen molar-refractivity contribution in [1.82, 2.24) is 14.6 Å². The van der Waals surface area contributed by atoms with Crippen LogP contribution in [-0.4, -0.2) is 21.7 Å². The van der Waals surface area contributed by atoms with Crippen molar-refractivity contribution < 1.29 is 4.74 Å². The molecule has 3 rings (SSSR count). The summed E-state index contributed by atoms with van der Waals surface area (Å²) >= 11 is 0. The maximum Gasteiger partial charge on any atom is 0.156 e. The molecule has 4 heteroatoms. The zero-order valence-corrected chi connectivity index (χ0v) is 14.6. The Morgan fingerprint density at radius 1 is 1.04 bits per heavy atom. The van der Waals surface area contributed by atoms with Gasteiger partial charge in [0.15, 0.2) is 5.65 Å². The number of fused-ring (bicyclic) bond motifs is 1. The predicted molar refractivity (Wildman–Crippen MR) is 93.1 cm³/mol. The van der Waals surface area contributed by atoms with Crippen LogP contribution in [0, 0.1) is 13.8 Å². The van der Waals surface area contributed by atoms with Crippen molar-refractivity contribution in [2.45, 2.75) is 40.0 Å². The van der Waals surface area contributed by atoms with Crippen LogP contribution in [0.2, 0.25) is 0 Å². The fourth-order valence-corrected chi connectivity index (χ4v) is 2.67. The SMILES string of the molecule is COc1cc(C)ccc1-c1cc(C)nc2cc(C(C)(C)C)nn12. The molecular weight excluding hydrogens is 286 g/mol. The van der Waals surface area contributed by atoms with E-state index in [2.05, 4.69) is 56.9 Å². The Bertz CT molecular complexity index is 872. The summed E-state index contributed by atoms with van der Waals surface area (Å²) in [4.78, 5) is 4.63. The number of rotatable bonds is 2. The summed E-state index contributed by atoms with van der Waals surface area (Å²) in [7, 11) is 1.70. The highest BCUT2D eigenvalue weighted by Crippen LogP contribution is 2.32. The first-order valence-electron chi connectivity index (χ1n) is 7.82. The maximum atomic E-state index is 5.58. The van der Waals surface area contributed by atoms with Gasteiger partial charge < -0.3 is 4.74 Å². The molecule has 0 saturated carbocycles. The molecule has 0 spiro atoms. The van der Waals surface area contributed by atoms with E-state index >= 15 is 0 Å². The van der Waals surface area contributed by atoms with Gasteiger partial charge in [0, 0.05) is 22.7 Å². The van der Waals surface area contributed by atoms with Gasteiger partial charge in [0.1, 0.15) is 5.75 Å². The Morgan fingerprint density at radius 3 is 2.43 bits per heavy atom. The van der Waals surface area contributed by atoms with Gasteiger partial charge in [-0.2, -0.15) is 5.10 Å². The normalized spacial score (nSPS) is 11.9. The summed E-state index contributed by atoms with van der Waals surface area (Å²) in [5.41, 5.74) is 6.04. The Balaban J connectivity index is 2.31. The van der Waals surface area contributed by atoms with Gasteiger partial charge in [0.2, 0.25) is 0 Å². The molecule has 0 atom stereocenters. The van der Waals surface area contributed by atoms with Crippen molar-refractivity contribution in [3.05, 3.63) is 47.3 Å². The molecular formula is C19H23N3O. The Morgan fingerprint density at radius 2 is 1.78 bits per heavy atom. The number of aromatic nitrogens is 3. The third-order valence-electron chi connectivity index (χ3n) is 3.96. The van der Waals surface area contributed by atoms with Crippen molar-refractivity contribution in [2.75, 3.05) is 7.11 Å². The summed E-state index contributed by atoms with van der Waals surface area (Å²) in [5.74, 6) is 0.852. The van der Waals surface area contributed by atoms with Crippen molar-refractivity contribution in [3.63, 3.8) is 0 Å². The van der Waals surface area contributed by atoms with Crippen LogP contribution in [0.1, 0.15) is 37.7 Å². The van der Waals surface area contributed by atoms with Gasteiger partial charge in [-0.15, -0.1) is 0 Å². The van der Waals surface area contributed by atoms with E-state index in [9.17, 15) is 0 Å². The Hall–Kier alpha value is -2.36. The molecule has 0 unspecified atom stereocenters. The molecule has 0 N–H and O–H groups in total. The zero-order chi connectivity index (χ0) is 16.8. The summed E-state index contributed by atoms with van der Waals surface area (Å²) < 4.78 is 7.50. The number of ether oxygens (including phenoxy) is 1. The minimum atomic E-state index is -0.0176. The Kier molecular flexibility index (Phi) is 3.63. The van der Waals surface area contributed by atoms with E-state index in [4.69, 9.17) is 9.84 Å². The van der Waals surface area contributed by atoms with E-state index in [1.165, 1.54) is 5.56 Å². The summed E-state index contributed by atoms with van der Waals surface area (Å²) in [6.07, 6.45) is 0. The highest BCUT2D eigenvalue weighted by molar-refractivity contribution is 5.70. The molecule has 1 aromatic carbocycles. The minimum absolute atomic E-state index is 0.0176. The monoisotopic (exact) mass is 309 g/mol. The molecule has 0 radical (unpaired) electrons. The number of hydrogen-bond acceptors (Lipinski definition) is 3. The number of hydrogen-bond donors (Lipinski definition) is 0. The van der Waals surface area contributed by atoms with Gasteiger partial charge in [0.25, 0.3) is 0 Å². The van der Waals surface area contributed by atoms with Crippen LogP contribution >= 0.6 is 0 Å². The van der Waals surface area contributed by atoms with E-state index in [-0.39, 0.29) is 5.41 Å². The van der Waals surface area contributed by atoms with Gasteiger partial charge in [0.05, 0.1) is 18.5 Å². The van der Waals surface area contributed by atoms with Crippen molar-refractivity contribution in [1.29, 1.82) is 0 Å². The first-order valence-corrected chi connectivity index (χ1v) is 7.82. The predicted octanol–water partition coefficient (Wildman–Crippen LogP) is 4.32. The van der Waals surface area contributed by atoms with E-state index in [1.807, 2.05) is 17.5 Å². The minimum Gasteiger partial charge on any atom is -0.496 e. The second kappa shape index (κ2) is 5.37. The number of benzene rings is 1. The lowest BCUT2D eigenvalue weighted by atomic mass is 9.93. The lowest BCUT2D eigenvalue weighted by Gasteiger charge is -2.14. The second-order valence-electron chi connectivity index (χ2n) is 7.04. The smallest absolute Gasteiger partial charge is 0.156 e. The molecule has 120 valence electrons. The highest BCUT2D eigenvalue weighted by atomic mass is 16.5. The Labute approximate surface area is 137 Å². The van der Waals surface area contributed by atoms with Crippen LogP contribution in [0.4, 0.5) is 0 Å². The van der Waals surface area contributed by atoms with E-state index in [0.717, 1.165) is 34.0 Å². The van der Waals surface area contributed by atoms with E-state index in [0.29, 0.717) is 0 Å². The topological polar surface area (TPSA) is 39.4 Å². The molecule has 4 nitrogen and oxygen atoms in total. The van der Waals surface area contributed by atoms with Crippen LogP contribution in [0.15, 0.2) is 30.3 Å². The zero-order valence-electron chi connectivity index (χ0n) is 14.6. The van der Waals surface area contributed by atoms with Gasteiger partial charge >= 0.3 is 0 Å². The third-order valence-corrected chi connectivity index (χ3v) is 3.96. The van der Waals surface area contributed by atoms with Gasteiger partial charge in [-0.05, 0) is 37.6 Å². The lowest BCUT2D eigenvalue weighted by molar-refractivity contribution is 0.416. The molecule has 3 aromatic rings. The van der Waals surface area contributed by atoms with Crippen LogP contribution in [0.25, 0.3) is 16.9 Å². The summed E-state index contributed by atoms with van der Waals surface area (Å²) in [6, 6.07) is 10.3. The molecule has 0 saturated heterocycles. The molecule has 23 heavy (non-hydrogen) atoms. The fourth-order valence-electron chi connectivity index (χ4n) is 2.67. The first-order chi connectivity index (χ1) is 10.8. The van der Waals surface area contributed by atoms with E-state index < -0.39 is 0 Å². The lowest BCUT2D eigenvalue weighted by Crippen LogP contribution is -2.12. The van der Waals surface area contributed by atoms with Crippen LogP contribution in [0.3, 0.4) is 0 Å². The van der Waals surface area contributed by atoms with Crippen molar-refractivity contribution >= 4 is 5.65 Å². The quantitative estimate of drug-likeness (QED) is 0.707. The van der Waals surface area contributed by atoms with Crippen LogP contribution in [-0.2, 0) is 5.41 Å². The van der Waals surface area contributed by atoms with E-state index in [1.54, 1.807) is 7.11 Å². The second-order valence-corrected chi connectivity index (χ2v) is 7.04. The average molecular weight is 309 g/mol. The van der Waals surface area contributed by atoms with Gasteiger partial charge in [-0.1, -0.05) is 26.8 Å². The average Bonchev–Trinajstić information content (AvgIpc) is 2.90. The molecule has 0 amide bonds. The molecule has 2 aromatic heterocycles. The van der Waals surface area contributed by atoms with Crippen LogP contribution in [0.5, 0.6) is 5.75 Å². The molecule has 0 fully saturated rings. The summed E-state index contributed by atoms with van der Waals surface area (Å²) in [5, 5.41) is 4.80. The number of methoxy groups -OCH3 is 1. The van der Waals surface area contributed by atoms with Crippen molar-refractivity contribution in [3.8, 4) is 17.0 Å². The molecule has 0 aliphatic rings. The highest BCUT2D eigenvalue weighted by Gasteiger charge is 2.20. The largest absolute Gasteiger partial charge is 0.496 e. The maximum absolute atomic E-state index is 5.58. The molecule has 0 aliphatic heterocycles. The third kappa shape index (κ3) is 2.81. The molecule has 0 aliphatic carbocycles. The number of aryl methyl sites for hydroxylation is 2. The standard InChI is InChI=1S/C19H23N3O/c1-12-7-8-14(16(9-12)23-6)15-10-13(2)20-18-11-17(19(3,4)5)21-22(15)18/h7-11H,1-6H3. The van der Waals surface area contributed by atoms with Gasteiger partial charge in [-0.3, -0.25) is 0 Å². The fraction of sp³-hybridized carbons (Fsp3) is 0.368.